The number of fused-ring (bicyclic) bond motifs is 1. The lowest BCUT2D eigenvalue weighted by atomic mass is 10.2. The van der Waals surface area contributed by atoms with E-state index >= 15 is 0 Å². The zero-order valence-electron chi connectivity index (χ0n) is 16.5. The van der Waals surface area contributed by atoms with E-state index in [1.807, 2.05) is 24.3 Å². The number of carbonyl (C=O) groups is 2. The van der Waals surface area contributed by atoms with Crippen LogP contribution >= 0.6 is 23.4 Å². The van der Waals surface area contributed by atoms with E-state index in [-0.39, 0.29) is 11.7 Å². The Labute approximate surface area is 192 Å². The maximum absolute atomic E-state index is 12.1. The molecule has 0 bridgehead atoms. The molecule has 1 aromatic heterocycles. The van der Waals surface area contributed by atoms with Gasteiger partial charge in [0.1, 0.15) is 11.3 Å². The van der Waals surface area contributed by atoms with E-state index < -0.39 is 5.97 Å². The second-order valence-electron chi connectivity index (χ2n) is 6.49. The highest BCUT2D eigenvalue weighted by Gasteiger charge is 2.09. The molecule has 1 heterocycles. The van der Waals surface area contributed by atoms with E-state index in [4.69, 9.17) is 20.8 Å². The highest BCUT2D eigenvalue weighted by molar-refractivity contribution is 7.99. The van der Waals surface area contributed by atoms with Crippen LogP contribution in [0.3, 0.4) is 0 Å². The maximum atomic E-state index is 12.1. The first-order chi connectivity index (χ1) is 15.6. The number of hydrogen-bond donors (Lipinski definition) is 1. The Hall–Kier alpha value is -3.62. The number of amides is 1. The number of para-hydroxylation sites is 2. The number of aromatic nitrogens is 1. The topological polar surface area (TPSA) is 93.8 Å². The number of hydrogen-bond acceptors (Lipinski definition) is 7. The van der Waals surface area contributed by atoms with Crippen LogP contribution in [0.2, 0.25) is 5.02 Å². The molecule has 0 unspecified atom stereocenters. The molecule has 9 heteroatoms. The van der Waals surface area contributed by atoms with Gasteiger partial charge in [-0.15, -0.1) is 0 Å². The second kappa shape index (κ2) is 10.1. The third kappa shape index (κ3) is 5.75. The number of hydrazone groups is 1. The molecule has 4 rings (SSSR count). The van der Waals surface area contributed by atoms with Crippen LogP contribution in [0.4, 0.5) is 0 Å². The van der Waals surface area contributed by atoms with Gasteiger partial charge in [-0.05, 0) is 66.2 Å². The van der Waals surface area contributed by atoms with Gasteiger partial charge in [0.05, 0.1) is 17.5 Å². The summed E-state index contributed by atoms with van der Waals surface area (Å²) >= 11 is 7.00. The number of esters is 1. The molecular formula is C23H16ClN3O4S. The van der Waals surface area contributed by atoms with Crippen molar-refractivity contribution in [1.29, 1.82) is 0 Å². The summed E-state index contributed by atoms with van der Waals surface area (Å²) in [7, 11) is 0. The number of nitrogens with one attached hydrogen (secondary N) is 1. The van der Waals surface area contributed by atoms with Gasteiger partial charge >= 0.3 is 5.97 Å². The molecule has 0 aliphatic rings. The summed E-state index contributed by atoms with van der Waals surface area (Å²) in [6.07, 6.45) is 1.49. The van der Waals surface area contributed by atoms with Crippen molar-refractivity contribution in [2.24, 2.45) is 5.10 Å². The molecule has 0 aliphatic carbocycles. The predicted octanol–water partition coefficient (Wildman–Crippen LogP) is 4.94. The third-order valence-corrected chi connectivity index (χ3v) is 5.25. The van der Waals surface area contributed by atoms with Gasteiger partial charge in [0.25, 0.3) is 11.1 Å². The zero-order valence-corrected chi connectivity index (χ0v) is 18.1. The highest BCUT2D eigenvalue weighted by atomic mass is 35.5. The van der Waals surface area contributed by atoms with E-state index in [0.29, 0.717) is 27.1 Å². The molecule has 0 atom stereocenters. The van der Waals surface area contributed by atoms with E-state index in [1.165, 1.54) is 18.0 Å². The lowest BCUT2D eigenvalue weighted by Gasteiger charge is -2.04. The van der Waals surface area contributed by atoms with Crippen LogP contribution in [-0.2, 0) is 4.79 Å². The van der Waals surface area contributed by atoms with E-state index in [1.54, 1.807) is 48.5 Å². The summed E-state index contributed by atoms with van der Waals surface area (Å²) in [6.45, 7) is 0. The number of carbonyl (C=O) groups excluding carboxylic acids is 2. The highest BCUT2D eigenvalue weighted by Crippen LogP contribution is 2.22. The number of nitrogens with zero attached hydrogens (tertiary/aromatic N) is 2. The summed E-state index contributed by atoms with van der Waals surface area (Å²) < 4.78 is 10.9. The molecule has 0 radical (unpaired) electrons. The average Bonchev–Trinajstić information content (AvgIpc) is 3.22. The minimum atomic E-state index is -0.480. The van der Waals surface area contributed by atoms with Crippen molar-refractivity contribution in [3.05, 3.63) is 88.9 Å². The van der Waals surface area contributed by atoms with Crippen LogP contribution in [-0.4, -0.2) is 28.8 Å². The fraction of sp³-hybridized carbons (Fsp3) is 0.0435. The molecule has 32 heavy (non-hydrogen) atoms. The zero-order chi connectivity index (χ0) is 22.3. The summed E-state index contributed by atoms with van der Waals surface area (Å²) in [4.78, 5) is 28.4. The molecule has 0 aliphatic heterocycles. The molecular weight excluding hydrogens is 450 g/mol. The first-order valence-electron chi connectivity index (χ1n) is 9.45. The van der Waals surface area contributed by atoms with Gasteiger partial charge in [-0.3, -0.25) is 4.79 Å². The maximum Gasteiger partial charge on any atom is 0.343 e. The van der Waals surface area contributed by atoms with Crippen LogP contribution in [0, 0.1) is 0 Å². The molecule has 0 spiro atoms. The van der Waals surface area contributed by atoms with Crippen molar-refractivity contribution in [3.63, 3.8) is 0 Å². The first kappa shape index (κ1) is 21.6. The van der Waals surface area contributed by atoms with Gasteiger partial charge < -0.3 is 9.15 Å². The van der Waals surface area contributed by atoms with Gasteiger partial charge in [0, 0.05) is 5.02 Å². The molecule has 160 valence electrons. The monoisotopic (exact) mass is 465 g/mol. The van der Waals surface area contributed by atoms with Crippen molar-refractivity contribution in [2.75, 3.05) is 5.75 Å². The summed E-state index contributed by atoms with van der Waals surface area (Å²) in [6, 6.07) is 20.5. The number of halogens is 1. The lowest BCUT2D eigenvalue weighted by molar-refractivity contribution is -0.118. The van der Waals surface area contributed by atoms with Crippen LogP contribution in [0.5, 0.6) is 5.75 Å². The predicted molar refractivity (Wildman–Crippen MR) is 123 cm³/mol. The fourth-order valence-electron chi connectivity index (χ4n) is 2.63. The molecule has 1 N–H and O–H groups in total. The van der Waals surface area contributed by atoms with Gasteiger partial charge in [0.2, 0.25) is 0 Å². The van der Waals surface area contributed by atoms with Crippen molar-refractivity contribution in [3.8, 4) is 5.75 Å². The number of rotatable bonds is 7. The lowest BCUT2D eigenvalue weighted by Crippen LogP contribution is -2.19. The van der Waals surface area contributed by atoms with Crippen molar-refractivity contribution < 1.29 is 18.7 Å². The van der Waals surface area contributed by atoms with Gasteiger partial charge in [-0.25, -0.2) is 15.2 Å². The van der Waals surface area contributed by atoms with Gasteiger partial charge in [0.15, 0.2) is 5.58 Å². The summed E-state index contributed by atoms with van der Waals surface area (Å²) in [5, 5.41) is 4.90. The Bertz CT molecular complexity index is 1240. The van der Waals surface area contributed by atoms with Crippen molar-refractivity contribution >= 4 is 52.6 Å². The third-order valence-electron chi connectivity index (χ3n) is 4.17. The van der Waals surface area contributed by atoms with Crippen molar-refractivity contribution in [2.45, 2.75) is 5.22 Å². The van der Waals surface area contributed by atoms with E-state index in [2.05, 4.69) is 15.5 Å². The summed E-state index contributed by atoms with van der Waals surface area (Å²) in [5.74, 6) is -0.265. The Balaban J connectivity index is 1.24. The van der Waals surface area contributed by atoms with Crippen LogP contribution in [0.1, 0.15) is 15.9 Å². The van der Waals surface area contributed by atoms with Crippen LogP contribution < -0.4 is 10.2 Å². The normalized spacial score (nSPS) is 11.0. The Morgan fingerprint density at radius 2 is 1.81 bits per heavy atom. The minimum absolute atomic E-state index is 0.115. The summed E-state index contributed by atoms with van der Waals surface area (Å²) in [5.41, 5.74) is 5.00. The number of benzene rings is 3. The number of oxazole rings is 1. The first-order valence-corrected chi connectivity index (χ1v) is 10.8. The molecule has 0 saturated carbocycles. The second-order valence-corrected chi connectivity index (χ2v) is 7.86. The van der Waals surface area contributed by atoms with Gasteiger partial charge in [-0.1, -0.05) is 35.5 Å². The molecule has 7 nitrogen and oxygen atoms in total. The standard InChI is InChI=1S/C23H16ClN3O4S/c24-17-9-7-16(8-10-17)22(29)30-18-11-5-15(6-12-18)13-25-27-21(28)14-32-23-26-19-3-1-2-4-20(19)31-23/h1-13H,14H2,(H,27,28)/b25-13-. The van der Waals surface area contributed by atoms with E-state index in [9.17, 15) is 9.59 Å². The Morgan fingerprint density at radius 1 is 1.06 bits per heavy atom. The van der Waals surface area contributed by atoms with Crippen LogP contribution in [0.15, 0.2) is 87.5 Å². The molecule has 0 saturated heterocycles. The van der Waals surface area contributed by atoms with E-state index in [0.717, 1.165) is 11.1 Å². The minimum Gasteiger partial charge on any atom is -0.431 e. The molecule has 3 aromatic carbocycles. The van der Waals surface area contributed by atoms with Gasteiger partial charge in [-0.2, -0.15) is 5.10 Å². The smallest absolute Gasteiger partial charge is 0.343 e. The van der Waals surface area contributed by atoms with Crippen molar-refractivity contribution in [1.82, 2.24) is 10.4 Å². The SMILES string of the molecule is O=C(CSc1nc2ccccc2o1)N/N=C\c1ccc(OC(=O)c2ccc(Cl)cc2)cc1. The molecule has 0 fully saturated rings. The average molecular weight is 466 g/mol. The quantitative estimate of drug-likeness (QED) is 0.136. The molecule has 1 amide bonds. The Morgan fingerprint density at radius 3 is 2.56 bits per heavy atom. The Kier molecular flexibility index (Phi) is 6.84. The molecule has 4 aromatic rings. The largest absolute Gasteiger partial charge is 0.431 e. The number of ether oxygens (including phenoxy) is 1. The number of thioether (sulfide) groups is 1. The fourth-order valence-corrected chi connectivity index (χ4v) is 3.38. The van der Waals surface area contributed by atoms with Crippen LogP contribution in [0.25, 0.3) is 11.1 Å².